The molecule has 0 spiro atoms. The van der Waals surface area contributed by atoms with Crippen LogP contribution < -0.4 is 0 Å². The lowest BCUT2D eigenvalue weighted by Crippen LogP contribution is -2.31. The summed E-state index contributed by atoms with van der Waals surface area (Å²) in [5, 5.41) is 0. The van der Waals surface area contributed by atoms with E-state index < -0.39 is 0 Å². The Bertz CT molecular complexity index is 468. The number of methoxy groups -OCH3 is 1. The van der Waals surface area contributed by atoms with Gasteiger partial charge in [0.1, 0.15) is 0 Å². The van der Waals surface area contributed by atoms with Crippen molar-refractivity contribution in [2.45, 2.75) is 66.1 Å². The number of allylic oxidation sites excluding steroid dienone is 5. The second-order valence-corrected chi connectivity index (χ2v) is 7.54. The van der Waals surface area contributed by atoms with Crippen molar-refractivity contribution in [3.8, 4) is 0 Å². The van der Waals surface area contributed by atoms with Gasteiger partial charge in [0.15, 0.2) is 6.29 Å². The lowest BCUT2D eigenvalue weighted by molar-refractivity contribution is -0.123. The van der Waals surface area contributed by atoms with Crippen molar-refractivity contribution in [1.82, 2.24) is 0 Å². The van der Waals surface area contributed by atoms with E-state index in [1.807, 2.05) is 0 Å². The molecular formula is C21H34O2. The average molecular weight is 319 g/mol. The van der Waals surface area contributed by atoms with E-state index in [1.165, 1.54) is 42.4 Å². The molecule has 0 aromatic rings. The van der Waals surface area contributed by atoms with Crippen molar-refractivity contribution >= 4 is 0 Å². The zero-order chi connectivity index (χ0) is 16.8. The maximum absolute atomic E-state index is 5.93. The highest BCUT2D eigenvalue weighted by atomic mass is 16.7. The van der Waals surface area contributed by atoms with Gasteiger partial charge in [-0.2, -0.15) is 0 Å². The van der Waals surface area contributed by atoms with Crippen LogP contribution in [-0.4, -0.2) is 20.0 Å². The molecule has 0 radical (unpaired) electrons. The molecule has 0 aromatic carbocycles. The van der Waals surface area contributed by atoms with Crippen LogP contribution in [-0.2, 0) is 9.47 Å². The third-order valence-corrected chi connectivity index (χ3v) is 5.45. The maximum Gasteiger partial charge on any atom is 0.164 e. The fourth-order valence-electron chi connectivity index (χ4n) is 4.01. The highest BCUT2D eigenvalue weighted by Crippen LogP contribution is 2.42. The predicted octanol–water partition coefficient (Wildman–Crippen LogP) is 5.66. The number of rotatable bonds is 5. The van der Waals surface area contributed by atoms with Crippen LogP contribution in [0.25, 0.3) is 0 Å². The summed E-state index contributed by atoms with van der Waals surface area (Å²) in [5.74, 6) is 1.76. The Kier molecular flexibility index (Phi) is 7.10. The van der Waals surface area contributed by atoms with E-state index >= 15 is 0 Å². The van der Waals surface area contributed by atoms with E-state index in [0.29, 0.717) is 17.8 Å². The van der Waals surface area contributed by atoms with E-state index in [4.69, 9.17) is 9.47 Å². The molecule has 2 nitrogen and oxygen atoms in total. The van der Waals surface area contributed by atoms with Gasteiger partial charge in [-0.05, 0) is 70.3 Å². The highest BCUT2D eigenvalue weighted by Gasteiger charge is 2.40. The minimum Gasteiger partial charge on any atom is -0.355 e. The van der Waals surface area contributed by atoms with Crippen LogP contribution in [0.2, 0.25) is 0 Å². The van der Waals surface area contributed by atoms with Gasteiger partial charge in [0.25, 0.3) is 0 Å². The SMILES string of the molecule is CO[C@H]1OC/C2=C/C/C=C(\C)CC[C@@H](C(C)CCC=C(C)C)[C@@H]21. The minimum absolute atomic E-state index is 0.0597. The maximum atomic E-state index is 5.93. The van der Waals surface area contributed by atoms with Gasteiger partial charge in [0.2, 0.25) is 0 Å². The van der Waals surface area contributed by atoms with Crippen molar-refractivity contribution in [2.75, 3.05) is 13.7 Å². The first-order valence-electron chi connectivity index (χ1n) is 9.15. The fourth-order valence-corrected chi connectivity index (χ4v) is 4.01. The van der Waals surface area contributed by atoms with Gasteiger partial charge in [-0.15, -0.1) is 0 Å². The predicted molar refractivity (Wildman–Crippen MR) is 97.2 cm³/mol. The Morgan fingerprint density at radius 3 is 2.87 bits per heavy atom. The second kappa shape index (κ2) is 8.84. The van der Waals surface area contributed by atoms with E-state index in [-0.39, 0.29) is 6.29 Å². The van der Waals surface area contributed by atoms with Crippen LogP contribution in [0.4, 0.5) is 0 Å². The van der Waals surface area contributed by atoms with E-state index in [1.54, 1.807) is 7.11 Å². The zero-order valence-corrected chi connectivity index (χ0v) is 15.6. The quantitative estimate of drug-likeness (QED) is 0.609. The molecule has 0 saturated carbocycles. The third-order valence-electron chi connectivity index (χ3n) is 5.45. The van der Waals surface area contributed by atoms with Crippen molar-refractivity contribution in [3.05, 3.63) is 34.9 Å². The van der Waals surface area contributed by atoms with Gasteiger partial charge in [0.05, 0.1) is 6.61 Å². The molecule has 1 heterocycles. The topological polar surface area (TPSA) is 18.5 Å². The first-order valence-corrected chi connectivity index (χ1v) is 9.15. The first-order chi connectivity index (χ1) is 11.0. The van der Waals surface area contributed by atoms with E-state index in [2.05, 4.69) is 45.9 Å². The molecule has 4 atom stereocenters. The number of hydrogen-bond acceptors (Lipinski definition) is 2. The van der Waals surface area contributed by atoms with Crippen molar-refractivity contribution in [2.24, 2.45) is 17.8 Å². The molecule has 23 heavy (non-hydrogen) atoms. The molecule has 1 aliphatic carbocycles. The van der Waals surface area contributed by atoms with Crippen molar-refractivity contribution in [1.29, 1.82) is 0 Å². The van der Waals surface area contributed by atoms with Gasteiger partial charge < -0.3 is 9.47 Å². The molecule has 130 valence electrons. The van der Waals surface area contributed by atoms with Crippen molar-refractivity contribution < 1.29 is 9.47 Å². The number of ether oxygens (including phenoxy) is 2. The fraction of sp³-hybridized carbons (Fsp3) is 0.714. The highest BCUT2D eigenvalue weighted by molar-refractivity contribution is 5.18. The summed E-state index contributed by atoms with van der Waals surface area (Å²) in [4.78, 5) is 0. The van der Waals surface area contributed by atoms with Crippen molar-refractivity contribution in [3.63, 3.8) is 0 Å². The first kappa shape index (κ1) is 18.5. The molecule has 2 rings (SSSR count). The Hall–Kier alpha value is -0.860. The van der Waals surface area contributed by atoms with Gasteiger partial charge in [-0.25, -0.2) is 0 Å². The molecule has 1 saturated heterocycles. The summed E-state index contributed by atoms with van der Waals surface area (Å²) >= 11 is 0. The lowest BCUT2D eigenvalue weighted by atomic mass is 9.74. The van der Waals surface area contributed by atoms with Crippen LogP contribution in [0.15, 0.2) is 34.9 Å². The number of fused-ring (bicyclic) bond motifs is 1. The smallest absolute Gasteiger partial charge is 0.164 e. The van der Waals surface area contributed by atoms with Gasteiger partial charge in [0, 0.05) is 13.0 Å². The standard InChI is InChI=1S/C21H34O2/c1-15(2)8-6-10-17(4)19-13-12-16(3)9-7-11-18-14-23-21(22-5)20(18)19/h8-9,11,17,19-21H,6-7,10,12-14H2,1-5H3/b16-9+,18-11-/t17?,19-,20+,21-/m0/s1. The summed E-state index contributed by atoms with van der Waals surface area (Å²) in [7, 11) is 1.79. The van der Waals surface area contributed by atoms with Crippen LogP contribution in [0.3, 0.4) is 0 Å². The second-order valence-electron chi connectivity index (χ2n) is 7.54. The van der Waals surface area contributed by atoms with Crippen LogP contribution in [0, 0.1) is 17.8 Å². The molecule has 1 unspecified atom stereocenters. The van der Waals surface area contributed by atoms with Crippen LogP contribution >= 0.6 is 0 Å². The summed E-state index contributed by atoms with van der Waals surface area (Å²) < 4.78 is 11.6. The van der Waals surface area contributed by atoms with Crippen LogP contribution in [0.5, 0.6) is 0 Å². The molecular weight excluding hydrogens is 284 g/mol. The lowest BCUT2D eigenvalue weighted by Gasteiger charge is -2.32. The largest absolute Gasteiger partial charge is 0.355 e. The Labute approximate surface area is 142 Å². The van der Waals surface area contributed by atoms with Gasteiger partial charge in [-0.1, -0.05) is 36.3 Å². The van der Waals surface area contributed by atoms with Crippen LogP contribution in [0.1, 0.15) is 59.8 Å². The molecule has 2 heteroatoms. The van der Waals surface area contributed by atoms with Gasteiger partial charge in [-0.3, -0.25) is 0 Å². The Morgan fingerprint density at radius 2 is 2.17 bits per heavy atom. The normalized spacial score (nSPS) is 34.0. The minimum atomic E-state index is -0.0597. The third kappa shape index (κ3) is 5.06. The monoisotopic (exact) mass is 318 g/mol. The summed E-state index contributed by atoms with van der Waals surface area (Å²) in [6.45, 7) is 9.81. The summed E-state index contributed by atoms with van der Waals surface area (Å²) in [6.07, 6.45) is 13.0. The molecule has 1 fully saturated rings. The molecule has 0 aromatic heterocycles. The summed E-state index contributed by atoms with van der Waals surface area (Å²) in [5.41, 5.74) is 4.41. The summed E-state index contributed by atoms with van der Waals surface area (Å²) in [6, 6.07) is 0. The van der Waals surface area contributed by atoms with E-state index in [0.717, 1.165) is 13.0 Å². The Morgan fingerprint density at radius 1 is 1.39 bits per heavy atom. The zero-order valence-electron chi connectivity index (χ0n) is 15.6. The average Bonchev–Trinajstić information content (AvgIpc) is 2.91. The van der Waals surface area contributed by atoms with E-state index in [9.17, 15) is 0 Å². The molecule has 0 bridgehead atoms. The number of hydrogen-bond donors (Lipinski definition) is 0. The molecule has 0 amide bonds. The van der Waals surface area contributed by atoms with Gasteiger partial charge >= 0.3 is 0 Å². The molecule has 0 N–H and O–H groups in total. The Balaban J connectivity index is 2.17. The molecule has 1 aliphatic heterocycles. The molecule has 2 aliphatic rings.